The second kappa shape index (κ2) is 6.35. The van der Waals surface area contributed by atoms with Crippen LogP contribution in [-0.4, -0.2) is 31.1 Å². The molecule has 1 aromatic carbocycles. The molecule has 1 fully saturated rings. The molecule has 0 aliphatic carbocycles. The summed E-state index contributed by atoms with van der Waals surface area (Å²) >= 11 is 0. The molecular weight excluding hydrogens is 220 g/mol. The van der Waals surface area contributed by atoms with Crippen molar-refractivity contribution in [1.29, 1.82) is 0 Å². The van der Waals surface area contributed by atoms with Crippen LogP contribution in [0.5, 0.6) is 0 Å². The molecule has 0 atom stereocenters. The average molecular weight is 246 g/mol. The summed E-state index contributed by atoms with van der Waals surface area (Å²) in [5.74, 6) is 0.862. The van der Waals surface area contributed by atoms with Crippen LogP contribution < -0.4 is 5.73 Å². The van der Waals surface area contributed by atoms with Gasteiger partial charge in [0.1, 0.15) is 0 Å². The Hall–Kier alpha value is -0.860. The minimum absolute atomic E-state index is 0.793. The van der Waals surface area contributed by atoms with Crippen LogP contribution in [0.4, 0.5) is 0 Å². The first-order chi connectivity index (χ1) is 8.69. The van der Waals surface area contributed by atoms with Crippen molar-refractivity contribution in [1.82, 2.24) is 4.90 Å². The van der Waals surface area contributed by atoms with E-state index >= 15 is 0 Å². The summed E-state index contributed by atoms with van der Waals surface area (Å²) in [6.07, 6.45) is 3.90. The van der Waals surface area contributed by atoms with E-state index in [-0.39, 0.29) is 0 Å². The largest absolute Gasteiger partial charge is 0.329 e. The van der Waals surface area contributed by atoms with Crippen LogP contribution in [0, 0.1) is 19.8 Å². The van der Waals surface area contributed by atoms with Gasteiger partial charge in [-0.15, -0.1) is 0 Å². The van der Waals surface area contributed by atoms with Crippen LogP contribution in [0.15, 0.2) is 18.2 Å². The van der Waals surface area contributed by atoms with E-state index in [0.29, 0.717) is 0 Å². The molecule has 0 bridgehead atoms. The molecule has 1 aliphatic heterocycles. The molecule has 1 heterocycles. The first kappa shape index (κ1) is 13.6. The number of aryl methyl sites for hydroxylation is 2. The first-order valence-electron chi connectivity index (χ1n) is 7.17. The quantitative estimate of drug-likeness (QED) is 0.884. The van der Waals surface area contributed by atoms with Crippen LogP contribution >= 0.6 is 0 Å². The predicted molar refractivity (Wildman–Crippen MR) is 77.8 cm³/mol. The van der Waals surface area contributed by atoms with E-state index in [1.807, 2.05) is 0 Å². The third-order valence-electron chi connectivity index (χ3n) is 4.25. The fourth-order valence-electron chi connectivity index (χ4n) is 2.86. The Labute approximate surface area is 111 Å². The second-order valence-electron chi connectivity index (χ2n) is 5.70. The van der Waals surface area contributed by atoms with Crippen molar-refractivity contribution in [3.05, 3.63) is 34.9 Å². The van der Waals surface area contributed by atoms with E-state index in [4.69, 9.17) is 5.73 Å². The molecular formula is C16H26N2. The highest BCUT2D eigenvalue weighted by Gasteiger charge is 2.18. The molecule has 1 saturated heterocycles. The van der Waals surface area contributed by atoms with Gasteiger partial charge in [-0.25, -0.2) is 0 Å². The predicted octanol–water partition coefficient (Wildman–Crippen LogP) is 2.52. The van der Waals surface area contributed by atoms with Crippen molar-refractivity contribution in [2.75, 3.05) is 26.2 Å². The third-order valence-corrected chi connectivity index (χ3v) is 4.25. The maximum Gasteiger partial charge on any atom is 0.0105 e. The Morgan fingerprint density at radius 1 is 1.17 bits per heavy atom. The zero-order chi connectivity index (χ0) is 13.0. The Kier molecular flexibility index (Phi) is 4.79. The Bertz CT molecular complexity index is 379. The molecule has 0 aromatic heterocycles. The number of hydrogen-bond acceptors (Lipinski definition) is 2. The smallest absolute Gasteiger partial charge is 0.0105 e. The fourth-order valence-corrected chi connectivity index (χ4v) is 2.86. The summed E-state index contributed by atoms with van der Waals surface area (Å²) in [6, 6.07) is 6.92. The fraction of sp³-hybridized carbons (Fsp3) is 0.625. The minimum Gasteiger partial charge on any atom is -0.329 e. The van der Waals surface area contributed by atoms with Gasteiger partial charge in [0, 0.05) is 13.1 Å². The highest BCUT2D eigenvalue weighted by molar-refractivity contribution is 5.30. The Balaban J connectivity index is 1.85. The molecule has 2 rings (SSSR count). The van der Waals surface area contributed by atoms with E-state index in [2.05, 4.69) is 36.9 Å². The van der Waals surface area contributed by atoms with Gasteiger partial charge < -0.3 is 10.6 Å². The summed E-state index contributed by atoms with van der Waals surface area (Å²) in [5, 5.41) is 0. The molecule has 1 aliphatic rings. The van der Waals surface area contributed by atoms with Gasteiger partial charge in [0.25, 0.3) is 0 Å². The lowest BCUT2D eigenvalue weighted by Gasteiger charge is -2.31. The molecule has 0 saturated carbocycles. The second-order valence-corrected chi connectivity index (χ2v) is 5.70. The number of benzene rings is 1. The number of rotatable bonds is 4. The van der Waals surface area contributed by atoms with Crippen molar-refractivity contribution < 1.29 is 0 Å². The lowest BCUT2D eigenvalue weighted by Crippen LogP contribution is -2.37. The summed E-state index contributed by atoms with van der Waals surface area (Å²) in [6.45, 7) is 8.71. The van der Waals surface area contributed by atoms with E-state index in [0.717, 1.165) is 19.0 Å². The molecule has 0 unspecified atom stereocenters. The van der Waals surface area contributed by atoms with E-state index in [1.165, 1.54) is 49.0 Å². The highest BCUT2D eigenvalue weighted by atomic mass is 15.1. The van der Waals surface area contributed by atoms with Crippen molar-refractivity contribution in [2.45, 2.75) is 33.1 Å². The molecule has 100 valence electrons. The standard InChI is InChI=1S/C16H26N2/c1-13-3-4-16(11-14(13)2)12-15-5-8-18(9-6-15)10-7-17/h3-4,11,15H,5-10,12,17H2,1-2H3. The van der Waals surface area contributed by atoms with Gasteiger partial charge in [-0.05, 0) is 68.8 Å². The lowest BCUT2D eigenvalue weighted by atomic mass is 9.89. The van der Waals surface area contributed by atoms with E-state index < -0.39 is 0 Å². The maximum atomic E-state index is 5.61. The van der Waals surface area contributed by atoms with Crippen LogP contribution in [-0.2, 0) is 6.42 Å². The summed E-state index contributed by atoms with van der Waals surface area (Å²) in [7, 11) is 0. The highest BCUT2D eigenvalue weighted by Crippen LogP contribution is 2.22. The maximum absolute atomic E-state index is 5.61. The Morgan fingerprint density at radius 3 is 2.50 bits per heavy atom. The third kappa shape index (κ3) is 3.56. The van der Waals surface area contributed by atoms with Crippen molar-refractivity contribution in [3.63, 3.8) is 0 Å². The molecule has 2 N–H and O–H groups in total. The van der Waals surface area contributed by atoms with Crippen LogP contribution in [0.25, 0.3) is 0 Å². The summed E-state index contributed by atoms with van der Waals surface area (Å²) in [4.78, 5) is 2.50. The monoisotopic (exact) mass is 246 g/mol. The van der Waals surface area contributed by atoms with Gasteiger partial charge in [-0.1, -0.05) is 18.2 Å². The van der Waals surface area contributed by atoms with Gasteiger partial charge in [0.2, 0.25) is 0 Å². The van der Waals surface area contributed by atoms with Crippen LogP contribution in [0.1, 0.15) is 29.5 Å². The summed E-state index contributed by atoms with van der Waals surface area (Å²) < 4.78 is 0. The van der Waals surface area contributed by atoms with Crippen LogP contribution in [0.3, 0.4) is 0 Å². The number of piperidine rings is 1. The number of nitrogens with two attached hydrogens (primary N) is 1. The molecule has 2 heteroatoms. The molecule has 0 spiro atoms. The molecule has 2 nitrogen and oxygen atoms in total. The van der Waals surface area contributed by atoms with Crippen molar-refractivity contribution in [3.8, 4) is 0 Å². The van der Waals surface area contributed by atoms with Crippen molar-refractivity contribution in [2.24, 2.45) is 11.7 Å². The van der Waals surface area contributed by atoms with Gasteiger partial charge in [0.05, 0.1) is 0 Å². The molecule has 0 amide bonds. The summed E-state index contributed by atoms with van der Waals surface area (Å²) in [5.41, 5.74) is 9.94. The molecule has 0 radical (unpaired) electrons. The van der Waals surface area contributed by atoms with E-state index in [9.17, 15) is 0 Å². The first-order valence-corrected chi connectivity index (χ1v) is 7.17. The number of hydrogen-bond donors (Lipinski definition) is 1. The lowest BCUT2D eigenvalue weighted by molar-refractivity contribution is 0.188. The van der Waals surface area contributed by atoms with Crippen LogP contribution in [0.2, 0.25) is 0 Å². The number of nitrogens with zero attached hydrogens (tertiary/aromatic N) is 1. The normalized spacial score (nSPS) is 18.2. The van der Waals surface area contributed by atoms with Gasteiger partial charge >= 0.3 is 0 Å². The topological polar surface area (TPSA) is 29.3 Å². The molecule has 18 heavy (non-hydrogen) atoms. The zero-order valence-corrected chi connectivity index (χ0v) is 11.8. The average Bonchev–Trinajstić information content (AvgIpc) is 2.37. The molecule has 1 aromatic rings. The SMILES string of the molecule is Cc1ccc(CC2CCN(CCN)CC2)cc1C. The zero-order valence-electron chi connectivity index (χ0n) is 11.8. The minimum atomic E-state index is 0.793. The van der Waals surface area contributed by atoms with E-state index in [1.54, 1.807) is 0 Å². The van der Waals surface area contributed by atoms with Crippen molar-refractivity contribution >= 4 is 0 Å². The van der Waals surface area contributed by atoms with Gasteiger partial charge in [-0.2, -0.15) is 0 Å². The Morgan fingerprint density at radius 2 is 1.89 bits per heavy atom. The van der Waals surface area contributed by atoms with Gasteiger partial charge in [0.15, 0.2) is 0 Å². The van der Waals surface area contributed by atoms with Gasteiger partial charge in [-0.3, -0.25) is 0 Å². The number of likely N-dealkylation sites (tertiary alicyclic amines) is 1.